The van der Waals surface area contributed by atoms with Gasteiger partial charge in [-0.15, -0.1) is 0 Å². The molecule has 0 saturated heterocycles. The van der Waals surface area contributed by atoms with E-state index in [0.717, 1.165) is 22.5 Å². The van der Waals surface area contributed by atoms with Crippen LogP contribution in [0, 0.1) is 0 Å². The Morgan fingerprint density at radius 1 is 0.220 bits per heavy atom. The second-order valence-electron chi connectivity index (χ2n) is 23.3. The summed E-state index contributed by atoms with van der Waals surface area (Å²) in [5.41, 5.74) is 24.7. The molecule has 2 heterocycles. The molecule has 4 nitrogen and oxygen atoms in total. The molecule has 14 aromatic rings. The van der Waals surface area contributed by atoms with E-state index >= 15 is 0 Å². The Morgan fingerprint density at radius 3 is 0.890 bits per heavy atom. The molecule has 2 aliphatic carbocycles. The van der Waals surface area contributed by atoms with Gasteiger partial charge in [-0.3, -0.25) is 19.9 Å². The van der Waals surface area contributed by atoms with E-state index in [2.05, 4.69) is 258 Å². The summed E-state index contributed by atoms with van der Waals surface area (Å²) in [6.45, 7) is 9.38. The minimum atomic E-state index is -0.239. The molecule has 0 atom stereocenters. The summed E-state index contributed by atoms with van der Waals surface area (Å²) >= 11 is 0. The van der Waals surface area contributed by atoms with Gasteiger partial charge in [-0.2, -0.15) is 0 Å². The lowest BCUT2D eigenvalue weighted by atomic mass is 9.80. The predicted molar refractivity (Wildman–Crippen MR) is 341 cm³/mol. The number of rotatable bonds is 7. The molecule has 0 radical (unpaired) electrons. The molecule has 82 heavy (non-hydrogen) atoms. The maximum absolute atomic E-state index is 4.97. The molecule has 0 spiro atoms. The molecule has 2 aromatic heterocycles. The third-order valence-electron chi connectivity index (χ3n) is 18.1. The quantitative estimate of drug-likeness (QED) is 0.149. The van der Waals surface area contributed by atoms with Crippen LogP contribution < -0.4 is 0 Å². The van der Waals surface area contributed by atoms with Crippen molar-refractivity contribution in [3.05, 3.63) is 278 Å². The fraction of sp³-hybridized carbons (Fsp3) is 0.0769. The largest absolute Gasteiger partial charge is 0.252 e. The smallest absolute Gasteiger partial charge is 0.109 e. The summed E-state index contributed by atoms with van der Waals surface area (Å²) in [4.78, 5) is 19.8. The molecule has 16 rings (SSSR count). The van der Waals surface area contributed by atoms with Crippen molar-refractivity contribution in [2.45, 2.75) is 38.5 Å². The van der Waals surface area contributed by atoms with Crippen molar-refractivity contribution in [2.75, 3.05) is 0 Å². The standard InChI is InChI=1S/C78H54N4/c1-77(2)69-39-49(55-21-9-11-25-59(55)67-37-47-17-5-7-19-53(47)57-23-13-15-27-61(57)67)29-33-63(69)65-35-31-51(41-71(65)77)73-43-81-75(45-79-73)76-46-80-74(44-82-76)52-32-36-66-64-34-30-50(40-70(64)78(3,4)72(66)42-52)56-22-10-12-26-60(56)68-38-48-18-6-8-20-54(48)58-24-14-16-28-62(58)68/h5-46H,1-4H3. The molecule has 0 N–H and O–H groups in total. The molecule has 0 saturated carbocycles. The van der Waals surface area contributed by atoms with Crippen LogP contribution in [0.3, 0.4) is 0 Å². The molecule has 2 aliphatic rings. The molecule has 386 valence electrons. The molecule has 0 fully saturated rings. The first-order chi connectivity index (χ1) is 40.2. The summed E-state index contributed by atoms with van der Waals surface area (Å²) in [7, 11) is 0. The number of aromatic nitrogens is 4. The monoisotopic (exact) mass is 1050 g/mol. The van der Waals surface area contributed by atoms with Gasteiger partial charge in [0.15, 0.2) is 0 Å². The van der Waals surface area contributed by atoms with Crippen LogP contribution in [0.25, 0.3) is 144 Å². The SMILES string of the molecule is CC1(C)c2cc(-c3cnc(-c4cnc(-c5ccc6c(c5)C(C)(C)c5cc(-c7ccccc7-c7cc8ccccc8c8ccccc78)ccc5-6)cn4)cn3)ccc2-c2ccc(-c3ccccc3-c3cc4ccccc4c4ccccc34)cc21. The summed E-state index contributed by atoms with van der Waals surface area (Å²) in [6.07, 6.45) is 7.37. The maximum Gasteiger partial charge on any atom is 0.109 e. The highest BCUT2D eigenvalue weighted by Gasteiger charge is 2.38. The van der Waals surface area contributed by atoms with Crippen LogP contribution in [-0.4, -0.2) is 19.9 Å². The maximum atomic E-state index is 4.97. The van der Waals surface area contributed by atoms with Gasteiger partial charge in [0.1, 0.15) is 11.4 Å². The normalized spacial score (nSPS) is 13.6. The molecule has 12 aromatic carbocycles. The van der Waals surface area contributed by atoms with E-state index in [0.29, 0.717) is 11.4 Å². The first-order valence-corrected chi connectivity index (χ1v) is 28.4. The molecule has 4 heteroatoms. The third-order valence-corrected chi connectivity index (χ3v) is 18.1. The molecule has 0 amide bonds. The molecule has 0 unspecified atom stereocenters. The van der Waals surface area contributed by atoms with Gasteiger partial charge < -0.3 is 0 Å². The van der Waals surface area contributed by atoms with E-state index in [1.807, 2.05) is 24.8 Å². The first kappa shape index (κ1) is 47.8. The second-order valence-corrected chi connectivity index (χ2v) is 23.3. The van der Waals surface area contributed by atoms with Crippen LogP contribution in [0.15, 0.2) is 255 Å². The first-order valence-electron chi connectivity index (χ1n) is 28.4. The zero-order chi connectivity index (χ0) is 54.8. The van der Waals surface area contributed by atoms with Gasteiger partial charge in [0.05, 0.1) is 36.2 Å². The predicted octanol–water partition coefficient (Wildman–Crippen LogP) is 20.2. The van der Waals surface area contributed by atoms with Crippen LogP contribution in [-0.2, 0) is 10.8 Å². The third kappa shape index (κ3) is 7.38. The highest BCUT2D eigenvalue weighted by molar-refractivity contribution is 6.16. The fourth-order valence-electron chi connectivity index (χ4n) is 13.8. The van der Waals surface area contributed by atoms with Crippen LogP contribution >= 0.6 is 0 Å². The Morgan fingerprint density at radius 2 is 0.512 bits per heavy atom. The highest BCUT2D eigenvalue weighted by atomic mass is 14.9. The van der Waals surface area contributed by atoms with E-state index in [-0.39, 0.29) is 10.8 Å². The number of nitrogens with zero attached hydrogens (tertiary/aromatic N) is 4. The van der Waals surface area contributed by atoms with Crippen LogP contribution in [0.2, 0.25) is 0 Å². The van der Waals surface area contributed by atoms with Gasteiger partial charge in [-0.1, -0.05) is 222 Å². The van der Waals surface area contributed by atoms with Gasteiger partial charge in [-0.25, -0.2) is 0 Å². The number of hydrogen-bond acceptors (Lipinski definition) is 4. The van der Waals surface area contributed by atoms with E-state index in [1.165, 1.54) is 132 Å². The Hall–Kier alpha value is -10.2. The molecular formula is C78H54N4. The van der Waals surface area contributed by atoms with Crippen molar-refractivity contribution < 1.29 is 0 Å². The minimum Gasteiger partial charge on any atom is -0.252 e. The van der Waals surface area contributed by atoms with Crippen LogP contribution in [0.5, 0.6) is 0 Å². The van der Waals surface area contributed by atoms with Crippen molar-refractivity contribution in [1.82, 2.24) is 19.9 Å². The minimum absolute atomic E-state index is 0.239. The fourth-order valence-corrected chi connectivity index (χ4v) is 13.8. The Labute approximate surface area is 477 Å². The Balaban J connectivity index is 0.652. The van der Waals surface area contributed by atoms with E-state index in [9.17, 15) is 0 Å². The van der Waals surface area contributed by atoms with Gasteiger partial charge in [0.2, 0.25) is 0 Å². The van der Waals surface area contributed by atoms with E-state index in [1.54, 1.807) is 0 Å². The number of hydrogen-bond donors (Lipinski definition) is 0. The van der Waals surface area contributed by atoms with E-state index < -0.39 is 0 Å². The topological polar surface area (TPSA) is 51.6 Å². The van der Waals surface area contributed by atoms with Gasteiger partial charge >= 0.3 is 0 Å². The summed E-state index contributed by atoms with van der Waals surface area (Å²) < 4.78 is 0. The zero-order valence-corrected chi connectivity index (χ0v) is 46.0. The highest BCUT2D eigenvalue weighted by Crippen LogP contribution is 2.53. The van der Waals surface area contributed by atoms with Crippen molar-refractivity contribution in [1.29, 1.82) is 0 Å². The summed E-state index contributed by atoms with van der Waals surface area (Å²) in [5.74, 6) is 0. The van der Waals surface area contributed by atoms with Gasteiger partial charge in [0.25, 0.3) is 0 Å². The second kappa shape index (κ2) is 18.2. The van der Waals surface area contributed by atoms with Crippen LogP contribution in [0.4, 0.5) is 0 Å². The number of benzene rings is 12. The average Bonchev–Trinajstić information content (AvgIpc) is 4.02. The lowest BCUT2D eigenvalue weighted by Gasteiger charge is -2.23. The summed E-state index contributed by atoms with van der Waals surface area (Å²) in [5, 5.41) is 10.1. The molecular weight excluding hydrogens is 993 g/mol. The number of fused-ring (bicyclic) bond motifs is 12. The van der Waals surface area contributed by atoms with Crippen molar-refractivity contribution >= 4 is 43.1 Å². The van der Waals surface area contributed by atoms with Crippen molar-refractivity contribution in [2.24, 2.45) is 0 Å². The lowest BCUT2D eigenvalue weighted by Crippen LogP contribution is -2.15. The van der Waals surface area contributed by atoms with Gasteiger partial charge in [-0.05, 0) is 169 Å². The average molecular weight is 1050 g/mol. The van der Waals surface area contributed by atoms with Crippen LogP contribution in [0.1, 0.15) is 49.9 Å². The Kier molecular flexibility index (Phi) is 10.6. The summed E-state index contributed by atoms with van der Waals surface area (Å²) in [6, 6.07) is 85.1. The molecule has 0 bridgehead atoms. The van der Waals surface area contributed by atoms with Gasteiger partial charge in [0, 0.05) is 22.0 Å². The molecule has 0 aliphatic heterocycles. The van der Waals surface area contributed by atoms with E-state index in [4.69, 9.17) is 19.9 Å². The zero-order valence-electron chi connectivity index (χ0n) is 46.0. The lowest BCUT2D eigenvalue weighted by molar-refractivity contribution is 0.660. The van der Waals surface area contributed by atoms with Crippen molar-refractivity contribution in [3.8, 4) is 101 Å². The Bertz CT molecular complexity index is 4660. The van der Waals surface area contributed by atoms with Crippen molar-refractivity contribution in [3.63, 3.8) is 0 Å².